The molecule has 8 heteroatoms. The van der Waals surface area contributed by atoms with E-state index in [0.717, 1.165) is 16.8 Å². The van der Waals surface area contributed by atoms with E-state index in [-0.39, 0.29) is 23.4 Å². The van der Waals surface area contributed by atoms with E-state index >= 15 is 0 Å². The fourth-order valence-corrected chi connectivity index (χ4v) is 3.92. The van der Waals surface area contributed by atoms with Crippen LogP contribution < -0.4 is 20.1 Å². The minimum Gasteiger partial charge on any atom is -0.495 e. The number of benzene rings is 2. The van der Waals surface area contributed by atoms with Crippen molar-refractivity contribution >= 4 is 27.3 Å². The number of hydrogen-bond acceptors (Lipinski definition) is 5. The van der Waals surface area contributed by atoms with Crippen molar-refractivity contribution in [3.05, 3.63) is 47.5 Å². The van der Waals surface area contributed by atoms with Crippen molar-refractivity contribution in [1.29, 1.82) is 0 Å². The Balaban J connectivity index is 1.79. The van der Waals surface area contributed by atoms with Crippen LogP contribution in [0, 0.1) is 6.92 Å². The first-order valence-corrected chi connectivity index (χ1v) is 10.1. The van der Waals surface area contributed by atoms with Crippen LogP contribution in [-0.4, -0.2) is 34.0 Å². The van der Waals surface area contributed by atoms with Gasteiger partial charge >= 0.3 is 0 Å². The molecule has 144 valence electrons. The van der Waals surface area contributed by atoms with Gasteiger partial charge in [0, 0.05) is 11.7 Å². The summed E-state index contributed by atoms with van der Waals surface area (Å²) in [6, 6.07) is 10.4. The number of ether oxygens (including phenoxy) is 1. The van der Waals surface area contributed by atoms with Crippen LogP contribution in [0.3, 0.4) is 0 Å². The molecule has 0 saturated carbocycles. The van der Waals surface area contributed by atoms with Gasteiger partial charge in [-0.25, -0.2) is 13.6 Å². The molecule has 0 fully saturated rings. The van der Waals surface area contributed by atoms with E-state index < -0.39 is 10.0 Å². The number of nitrogens with two attached hydrogens (primary N) is 1. The Morgan fingerprint density at radius 2 is 2.04 bits per heavy atom. The van der Waals surface area contributed by atoms with Crippen LogP contribution in [0.1, 0.15) is 18.1 Å². The first kappa shape index (κ1) is 19.2. The zero-order valence-corrected chi connectivity index (χ0v) is 16.3. The summed E-state index contributed by atoms with van der Waals surface area (Å²) < 4.78 is 28.4. The summed E-state index contributed by atoms with van der Waals surface area (Å²) in [6.45, 7) is 4.09. The fourth-order valence-electron chi connectivity index (χ4n) is 3.35. The first-order chi connectivity index (χ1) is 12.7. The summed E-state index contributed by atoms with van der Waals surface area (Å²) in [6.07, 6.45) is 0.653. The van der Waals surface area contributed by atoms with Gasteiger partial charge in [0.05, 0.1) is 24.2 Å². The molecular formula is C19H23N3O4S. The van der Waals surface area contributed by atoms with Crippen LogP contribution in [0.2, 0.25) is 0 Å². The second kappa shape index (κ2) is 7.21. The summed E-state index contributed by atoms with van der Waals surface area (Å²) in [5.74, 6) is 0.427. The van der Waals surface area contributed by atoms with Crippen molar-refractivity contribution in [2.75, 3.05) is 23.9 Å². The zero-order valence-electron chi connectivity index (χ0n) is 15.5. The molecule has 1 aliphatic rings. The molecule has 0 saturated heterocycles. The monoisotopic (exact) mass is 389 g/mol. The number of nitrogens with zero attached hydrogens (tertiary/aromatic N) is 1. The molecule has 1 atom stereocenters. The average molecular weight is 389 g/mol. The van der Waals surface area contributed by atoms with Crippen LogP contribution in [0.4, 0.5) is 11.4 Å². The number of sulfonamides is 1. The molecule has 1 heterocycles. The van der Waals surface area contributed by atoms with Gasteiger partial charge in [-0.2, -0.15) is 0 Å². The van der Waals surface area contributed by atoms with E-state index in [4.69, 9.17) is 9.88 Å². The predicted octanol–water partition coefficient (Wildman–Crippen LogP) is 2.04. The summed E-state index contributed by atoms with van der Waals surface area (Å²) in [7, 11) is -2.19. The second-order valence-electron chi connectivity index (χ2n) is 6.77. The van der Waals surface area contributed by atoms with E-state index in [1.807, 2.05) is 36.9 Å². The maximum absolute atomic E-state index is 12.6. The van der Waals surface area contributed by atoms with Crippen LogP contribution in [0.5, 0.6) is 5.75 Å². The van der Waals surface area contributed by atoms with Gasteiger partial charge in [0.15, 0.2) is 0 Å². The molecule has 1 aliphatic heterocycles. The fraction of sp³-hybridized carbons (Fsp3) is 0.316. The highest BCUT2D eigenvalue weighted by atomic mass is 32.2. The molecule has 0 bridgehead atoms. The van der Waals surface area contributed by atoms with Gasteiger partial charge in [0.25, 0.3) is 0 Å². The molecule has 0 aromatic heterocycles. The van der Waals surface area contributed by atoms with Gasteiger partial charge in [0.2, 0.25) is 15.9 Å². The van der Waals surface area contributed by atoms with E-state index in [2.05, 4.69) is 5.32 Å². The number of carbonyl (C=O) groups is 1. The number of aryl methyl sites for hydroxylation is 1. The number of fused-ring (bicyclic) bond motifs is 1. The second-order valence-corrected chi connectivity index (χ2v) is 8.33. The molecule has 0 spiro atoms. The summed E-state index contributed by atoms with van der Waals surface area (Å²) in [5, 5.41) is 8.10. The largest absolute Gasteiger partial charge is 0.495 e. The Morgan fingerprint density at radius 3 is 2.70 bits per heavy atom. The van der Waals surface area contributed by atoms with Crippen molar-refractivity contribution in [2.24, 2.45) is 5.14 Å². The van der Waals surface area contributed by atoms with Gasteiger partial charge in [-0.05, 0) is 61.7 Å². The smallest absolute Gasteiger partial charge is 0.244 e. The molecule has 3 N–H and O–H groups in total. The third kappa shape index (κ3) is 4.06. The van der Waals surface area contributed by atoms with E-state index in [9.17, 15) is 13.2 Å². The highest BCUT2D eigenvalue weighted by molar-refractivity contribution is 7.89. The van der Waals surface area contributed by atoms with Crippen LogP contribution >= 0.6 is 0 Å². The minimum absolute atomic E-state index is 0.0703. The zero-order chi connectivity index (χ0) is 19.8. The average Bonchev–Trinajstić information content (AvgIpc) is 2.89. The number of anilines is 2. The Hall–Kier alpha value is -2.58. The molecule has 0 unspecified atom stereocenters. The maximum atomic E-state index is 12.6. The summed E-state index contributed by atoms with van der Waals surface area (Å²) in [5.41, 5.74) is 3.36. The number of hydrogen-bond donors (Lipinski definition) is 2. The maximum Gasteiger partial charge on any atom is 0.244 e. The molecule has 7 nitrogen and oxygen atoms in total. The Labute approximate surface area is 159 Å². The first-order valence-electron chi connectivity index (χ1n) is 8.56. The van der Waals surface area contributed by atoms with E-state index in [1.54, 1.807) is 19.2 Å². The van der Waals surface area contributed by atoms with Crippen molar-refractivity contribution in [3.63, 3.8) is 0 Å². The third-order valence-corrected chi connectivity index (χ3v) is 5.59. The third-order valence-electron chi connectivity index (χ3n) is 4.68. The van der Waals surface area contributed by atoms with E-state index in [0.29, 0.717) is 17.9 Å². The lowest BCUT2D eigenvalue weighted by Gasteiger charge is -2.24. The lowest BCUT2D eigenvalue weighted by molar-refractivity contribution is -0.115. The number of primary sulfonamides is 1. The normalized spacial score (nSPS) is 16.1. The molecule has 3 rings (SSSR count). The van der Waals surface area contributed by atoms with E-state index in [1.165, 1.54) is 6.07 Å². The van der Waals surface area contributed by atoms with Gasteiger partial charge in [-0.15, -0.1) is 0 Å². The SMILES string of the molecule is COc1ccc(C)cc1NC(=O)CN1c2ccc(S(N)(=O)=O)cc2C[C@H]1C. The molecule has 2 aromatic carbocycles. The van der Waals surface area contributed by atoms with Crippen molar-refractivity contribution in [3.8, 4) is 5.75 Å². The number of nitrogens with one attached hydrogen (secondary N) is 1. The van der Waals surface area contributed by atoms with Gasteiger partial charge in [-0.1, -0.05) is 6.07 Å². The van der Waals surface area contributed by atoms with Gasteiger partial charge in [0.1, 0.15) is 5.75 Å². The van der Waals surface area contributed by atoms with Crippen LogP contribution in [0.25, 0.3) is 0 Å². The highest BCUT2D eigenvalue weighted by Crippen LogP contribution is 2.33. The van der Waals surface area contributed by atoms with Crippen LogP contribution in [-0.2, 0) is 21.2 Å². The molecule has 2 aromatic rings. The topological polar surface area (TPSA) is 102 Å². The molecule has 1 amide bonds. The van der Waals surface area contributed by atoms with Crippen molar-refractivity contribution in [2.45, 2.75) is 31.2 Å². The number of carbonyl (C=O) groups excluding carboxylic acids is 1. The molecule has 27 heavy (non-hydrogen) atoms. The van der Waals surface area contributed by atoms with Crippen molar-refractivity contribution < 1.29 is 17.9 Å². The minimum atomic E-state index is -3.75. The Kier molecular flexibility index (Phi) is 5.12. The lowest BCUT2D eigenvalue weighted by atomic mass is 10.1. The highest BCUT2D eigenvalue weighted by Gasteiger charge is 2.28. The van der Waals surface area contributed by atoms with Crippen molar-refractivity contribution in [1.82, 2.24) is 0 Å². The molecule has 0 aliphatic carbocycles. The summed E-state index contributed by atoms with van der Waals surface area (Å²) >= 11 is 0. The quantitative estimate of drug-likeness (QED) is 0.815. The predicted molar refractivity (Wildman–Crippen MR) is 105 cm³/mol. The van der Waals surface area contributed by atoms with Crippen LogP contribution in [0.15, 0.2) is 41.3 Å². The summed E-state index contributed by atoms with van der Waals surface area (Å²) in [4.78, 5) is 14.7. The molecule has 0 radical (unpaired) electrons. The lowest BCUT2D eigenvalue weighted by Crippen LogP contribution is -2.37. The standard InChI is InChI=1S/C19H23N3O4S/c1-12-4-7-18(26-3)16(8-12)21-19(23)11-22-13(2)9-14-10-15(27(20,24)25)5-6-17(14)22/h4-8,10,13H,9,11H2,1-3H3,(H,21,23)(H2,20,24,25)/t13-/m1/s1. The number of methoxy groups -OCH3 is 1. The Bertz CT molecular complexity index is 988. The van der Waals surface area contributed by atoms with Gasteiger partial charge < -0.3 is 15.0 Å². The number of rotatable bonds is 5. The Morgan fingerprint density at radius 1 is 1.30 bits per heavy atom. The number of amides is 1. The molecular weight excluding hydrogens is 366 g/mol. The van der Waals surface area contributed by atoms with Gasteiger partial charge in [-0.3, -0.25) is 4.79 Å².